The number of pyridine rings is 1. The van der Waals surface area contributed by atoms with Crippen LogP contribution in [0.15, 0.2) is 29.4 Å². The molecule has 0 saturated carbocycles. The summed E-state index contributed by atoms with van der Waals surface area (Å²) in [6, 6.07) is 5.33. The Hall–Kier alpha value is -0.740. The molecule has 1 aromatic rings. The van der Waals surface area contributed by atoms with Crippen molar-refractivity contribution in [3.63, 3.8) is 0 Å². The van der Waals surface area contributed by atoms with Gasteiger partial charge in [0, 0.05) is 18.6 Å². The van der Waals surface area contributed by atoms with Gasteiger partial charge in [-0.1, -0.05) is 13.0 Å². The molecule has 0 aromatic carbocycles. The number of nitrogens with zero attached hydrogens (tertiary/aromatic N) is 1. The average molecular weight is 199 g/mol. The zero-order chi connectivity index (χ0) is 9.68. The summed E-state index contributed by atoms with van der Waals surface area (Å²) in [6.07, 6.45) is 1.62. The first-order chi connectivity index (χ1) is 6.24. The van der Waals surface area contributed by atoms with Gasteiger partial charge in [0.2, 0.25) is 0 Å². The number of hydrogen-bond acceptors (Lipinski definition) is 3. The first kappa shape index (κ1) is 10.3. The van der Waals surface area contributed by atoms with Crippen molar-refractivity contribution in [3.8, 4) is 0 Å². The van der Waals surface area contributed by atoms with E-state index in [1.165, 1.54) is 0 Å². The maximum atomic E-state index is 11.6. The zero-order valence-corrected chi connectivity index (χ0v) is 8.33. The van der Waals surface area contributed by atoms with Crippen molar-refractivity contribution in [1.29, 1.82) is 0 Å². The topological polar surface area (TPSA) is 50.2 Å². The monoisotopic (exact) mass is 199 g/mol. The molecule has 0 saturated heterocycles. The van der Waals surface area contributed by atoms with Crippen LogP contribution in [0.2, 0.25) is 0 Å². The maximum absolute atomic E-state index is 11.6. The fraction of sp³-hybridized carbons (Fsp3) is 0.444. The SMILES string of the molecule is CC(CO)CS(=O)c1ccccn1. The van der Waals surface area contributed by atoms with Gasteiger partial charge in [0.05, 0.1) is 10.8 Å². The van der Waals surface area contributed by atoms with Gasteiger partial charge in [0.15, 0.2) is 0 Å². The number of aliphatic hydroxyl groups excluding tert-OH is 1. The minimum atomic E-state index is -1.08. The summed E-state index contributed by atoms with van der Waals surface area (Å²) >= 11 is 0. The van der Waals surface area contributed by atoms with Crippen LogP contribution in [0.3, 0.4) is 0 Å². The van der Waals surface area contributed by atoms with Crippen LogP contribution in [0.25, 0.3) is 0 Å². The summed E-state index contributed by atoms with van der Waals surface area (Å²) in [5.74, 6) is 0.524. The molecule has 4 heteroatoms. The molecule has 1 rings (SSSR count). The van der Waals surface area contributed by atoms with Gasteiger partial charge in [0.25, 0.3) is 0 Å². The highest BCUT2D eigenvalue weighted by atomic mass is 32.2. The predicted octanol–water partition coefficient (Wildman–Crippen LogP) is 0.818. The lowest BCUT2D eigenvalue weighted by Crippen LogP contribution is -2.12. The lowest BCUT2D eigenvalue weighted by atomic mass is 10.2. The molecular weight excluding hydrogens is 186 g/mol. The van der Waals surface area contributed by atoms with E-state index in [1.807, 2.05) is 13.0 Å². The van der Waals surface area contributed by atoms with Crippen molar-refractivity contribution in [2.24, 2.45) is 5.92 Å². The van der Waals surface area contributed by atoms with Gasteiger partial charge in [-0.05, 0) is 18.1 Å². The standard InChI is InChI=1S/C9H13NO2S/c1-8(6-11)7-13(12)9-4-2-3-5-10-9/h2-5,8,11H,6-7H2,1H3. The fourth-order valence-corrected chi connectivity index (χ4v) is 2.08. The summed E-state index contributed by atoms with van der Waals surface area (Å²) in [5, 5.41) is 9.36. The van der Waals surface area contributed by atoms with Crippen LogP contribution < -0.4 is 0 Å². The lowest BCUT2D eigenvalue weighted by molar-refractivity contribution is 0.250. The highest BCUT2D eigenvalue weighted by molar-refractivity contribution is 7.84. The quantitative estimate of drug-likeness (QED) is 0.781. The van der Waals surface area contributed by atoms with Crippen LogP contribution in [-0.2, 0) is 10.8 Å². The van der Waals surface area contributed by atoms with Crippen LogP contribution in [-0.4, -0.2) is 26.7 Å². The summed E-state index contributed by atoms with van der Waals surface area (Å²) < 4.78 is 11.6. The predicted molar refractivity (Wildman–Crippen MR) is 51.8 cm³/mol. The largest absolute Gasteiger partial charge is 0.396 e. The number of aliphatic hydroxyl groups is 1. The average Bonchev–Trinajstić information content (AvgIpc) is 2.19. The van der Waals surface area contributed by atoms with Gasteiger partial charge in [-0.2, -0.15) is 0 Å². The molecule has 0 aliphatic carbocycles. The zero-order valence-electron chi connectivity index (χ0n) is 7.51. The van der Waals surface area contributed by atoms with E-state index in [0.29, 0.717) is 10.8 Å². The molecule has 0 radical (unpaired) electrons. The molecule has 0 spiro atoms. The Kier molecular flexibility index (Phi) is 4.05. The highest BCUT2D eigenvalue weighted by Gasteiger charge is 2.08. The lowest BCUT2D eigenvalue weighted by Gasteiger charge is -2.05. The third-order valence-electron chi connectivity index (χ3n) is 1.62. The van der Waals surface area contributed by atoms with E-state index in [2.05, 4.69) is 4.98 Å². The normalized spacial score (nSPS) is 15.2. The molecule has 1 N–H and O–H groups in total. The molecule has 0 aliphatic rings. The molecule has 13 heavy (non-hydrogen) atoms. The van der Waals surface area contributed by atoms with Crippen LogP contribution in [0, 0.1) is 5.92 Å². The van der Waals surface area contributed by atoms with Crippen molar-refractivity contribution in [1.82, 2.24) is 4.98 Å². The Labute approximate surface area is 80.3 Å². The Morgan fingerprint density at radius 1 is 1.62 bits per heavy atom. The molecule has 2 unspecified atom stereocenters. The van der Waals surface area contributed by atoms with E-state index in [0.717, 1.165) is 0 Å². The highest BCUT2D eigenvalue weighted by Crippen LogP contribution is 2.05. The summed E-state index contributed by atoms with van der Waals surface area (Å²) in [5.41, 5.74) is 0. The van der Waals surface area contributed by atoms with Crippen molar-refractivity contribution in [2.45, 2.75) is 11.9 Å². The third kappa shape index (κ3) is 3.24. The van der Waals surface area contributed by atoms with E-state index < -0.39 is 10.8 Å². The van der Waals surface area contributed by atoms with E-state index in [4.69, 9.17) is 5.11 Å². The summed E-state index contributed by atoms with van der Waals surface area (Å²) in [7, 11) is -1.08. The molecule has 72 valence electrons. The van der Waals surface area contributed by atoms with Gasteiger partial charge < -0.3 is 5.11 Å². The van der Waals surface area contributed by atoms with Crippen molar-refractivity contribution in [2.75, 3.05) is 12.4 Å². The fourth-order valence-electron chi connectivity index (χ4n) is 0.878. The second kappa shape index (κ2) is 5.09. The summed E-state index contributed by atoms with van der Waals surface area (Å²) in [4.78, 5) is 3.98. The molecule has 0 amide bonds. The van der Waals surface area contributed by atoms with Crippen LogP contribution >= 0.6 is 0 Å². The number of hydrogen-bond donors (Lipinski definition) is 1. The minimum absolute atomic E-state index is 0.0582. The van der Waals surface area contributed by atoms with Gasteiger partial charge in [0.1, 0.15) is 5.03 Å². The van der Waals surface area contributed by atoms with Crippen molar-refractivity contribution >= 4 is 10.8 Å². The smallest absolute Gasteiger partial charge is 0.127 e. The Balaban J connectivity index is 2.59. The van der Waals surface area contributed by atoms with Gasteiger partial charge in [-0.25, -0.2) is 4.98 Å². The number of rotatable bonds is 4. The maximum Gasteiger partial charge on any atom is 0.127 e. The van der Waals surface area contributed by atoms with Crippen molar-refractivity contribution < 1.29 is 9.32 Å². The molecular formula is C9H13NO2S. The van der Waals surface area contributed by atoms with Gasteiger partial charge >= 0.3 is 0 Å². The van der Waals surface area contributed by atoms with E-state index in [-0.39, 0.29) is 12.5 Å². The Morgan fingerprint density at radius 2 is 2.38 bits per heavy atom. The first-order valence-electron chi connectivity index (χ1n) is 4.14. The van der Waals surface area contributed by atoms with E-state index in [9.17, 15) is 4.21 Å². The molecule has 0 bridgehead atoms. The van der Waals surface area contributed by atoms with E-state index >= 15 is 0 Å². The Morgan fingerprint density at radius 3 is 2.92 bits per heavy atom. The van der Waals surface area contributed by atoms with Gasteiger partial charge in [-0.3, -0.25) is 4.21 Å². The first-order valence-corrected chi connectivity index (χ1v) is 5.46. The molecule has 1 aromatic heterocycles. The molecule has 0 fully saturated rings. The van der Waals surface area contributed by atoms with Crippen molar-refractivity contribution in [3.05, 3.63) is 24.4 Å². The number of aromatic nitrogens is 1. The molecule has 1 heterocycles. The molecule has 3 nitrogen and oxygen atoms in total. The third-order valence-corrected chi connectivity index (χ3v) is 3.20. The molecule has 2 atom stereocenters. The molecule has 0 aliphatic heterocycles. The second-order valence-corrected chi connectivity index (χ2v) is 4.41. The Bertz CT molecular complexity index is 276. The van der Waals surface area contributed by atoms with Crippen LogP contribution in [0.5, 0.6) is 0 Å². The van der Waals surface area contributed by atoms with Crippen LogP contribution in [0.4, 0.5) is 0 Å². The van der Waals surface area contributed by atoms with Gasteiger partial charge in [-0.15, -0.1) is 0 Å². The van der Waals surface area contributed by atoms with Crippen LogP contribution in [0.1, 0.15) is 6.92 Å². The summed E-state index contributed by atoms with van der Waals surface area (Å²) in [6.45, 7) is 1.93. The second-order valence-electron chi connectivity index (χ2n) is 2.97. The minimum Gasteiger partial charge on any atom is -0.396 e. The van der Waals surface area contributed by atoms with E-state index in [1.54, 1.807) is 18.3 Å².